The van der Waals surface area contributed by atoms with E-state index in [2.05, 4.69) is 10.3 Å². The van der Waals surface area contributed by atoms with Crippen molar-refractivity contribution in [1.29, 1.82) is 0 Å². The molecule has 1 N–H and O–H groups in total. The second kappa shape index (κ2) is 9.09. The van der Waals surface area contributed by atoms with Crippen LogP contribution in [0.3, 0.4) is 0 Å². The van der Waals surface area contributed by atoms with E-state index in [9.17, 15) is 19.2 Å². The molecule has 2 aliphatic rings. The number of likely N-dealkylation sites (tertiary alicyclic amines) is 1. The van der Waals surface area contributed by atoms with Crippen molar-refractivity contribution in [3.8, 4) is 0 Å². The Balaban J connectivity index is 1.45. The minimum atomic E-state index is -0.679. The number of carbonyl (C=O) groups is 4. The molecule has 2 heterocycles. The van der Waals surface area contributed by atoms with Gasteiger partial charge in [-0.2, -0.15) is 0 Å². The van der Waals surface area contributed by atoms with Crippen LogP contribution in [0.5, 0.6) is 0 Å². The Bertz CT molecular complexity index is 836. The van der Waals surface area contributed by atoms with Crippen molar-refractivity contribution < 1.29 is 23.9 Å². The molecule has 0 spiro atoms. The lowest BCUT2D eigenvalue weighted by atomic mass is 9.81. The van der Waals surface area contributed by atoms with Gasteiger partial charge in [-0.3, -0.25) is 24.1 Å². The van der Waals surface area contributed by atoms with E-state index in [4.69, 9.17) is 27.9 Å². The van der Waals surface area contributed by atoms with Crippen LogP contribution in [0, 0.1) is 18.8 Å². The lowest BCUT2D eigenvalue weighted by molar-refractivity contribution is -0.148. The number of aromatic nitrogens is 1. The fraction of sp³-hybridized carbons (Fsp3) is 0.526. The number of esters is 1. The number of nitrogens with one attached hydrogen (secondary N) is 1. The number of amides is 3. The first-order valence-corrected chi connectivity index (χ1v) is 10.2. The van der Waals surface area contributed by atoms with Gasteiger partial charge in [-0.05, 0) is 25.8 Å². The van der Waals surface area contributed by atoms with Gasteiger partial charge in [0.2, 0.25) is 11.8 Å². The van der Waals surface area contributed by atoms with Crippen molar-refractivity contribution in [2.24, 2.45) is 11.8 Å². The van der Waals surface area contributed by atoms with Crippen LogP contribution >= 0.6 is 23.2 Å². The average Bonchev–Trinajstić information content (AvgIpc) is 2.93. The Morgan fingerprint density at radius 1 is 1.17 bits per heavy atom. The number of hydrogen-bond donors (Lipinski definition) is 1. The first kappa shape index (κ1) is 21.5. The summed E-state index contributed by atoms with van der Waals surface area (Å²) in [7, 11) is 0. The number of rotatable bonds is 6. The first-order valence-electron chi connectivity index (χ1n) is 9.41. The minimum absolute atomic E-state index is 0.0329. The maximum Gasteiger partial charge on any atom is 0.308 e. The standard InChI is InChI=1S/C19H21Cl2N3O5/c1-10-13(20)8-14(21)17(22-10)23-15(25)9-29-16(26)6-7-24-18(27)11-4-2-3-5-12(11)19(24)28/h8,11-12H,2-7,9H2,1H3,(H,22,23,25)/t11-,12+. The lowest BCUT2D eigenvalue weighted by Crippen LogP contribution is -2.33. The summed E-state index contributed by atoms with van der Waals surface area (Å²) < 4.78 is 4.92. The molecule has 3 rings (SSSR count). The molecule has 29 heavy (non-hydrogen) atoms. The van der Waals surface area contributed by atoms with Crippen molar-refractivity contribution in [3.63, 3.8) is 0 Å². The Labute approximate surface area is 177 Å². The van der Waals surface area contributed by atoms with Gasteiger partial charge < -0.3 is 10.1 Å². The molecule has 2 fully saturated rings. The van der Waals surface area contributed by atoms with Crippen LogP contribution in [0.25, 0.3) is 0 Å². The highest BCUT2D eigenvalue weighted by Crippen LogP contribution is 2.38. The van der Waals surface area contributed by atoms with Gasteiger partial charge in [0, 0.05) is 6.54 Å². The number of carbonyl (C=O) groups excluding carboxylic acids is 4. The third kappa shape index (κ3) is 4.87. The van der Waals surface area contributed by atoms with E-state index in [0.717, 1.165) is 30.6 Å². The van der Waals surface area contributed by atoms with Gasteiger partial charge in [-0.1, -0.05) is 36.0 Å². The fourth-order valence-electron chi connectivity index (χ4n) is 3.69. The maximum absolute atomic E-state index is 12.4. The van der Waals surface area contributed by atoms with E-state index in [-0.39, 0.29) is 47.5 Å². The molecule has 1 aromatic rings. The van der Waals surface area contributed by atoms with Crippen LogP contribution in [-0.4, -0.2) is 46.7 Å². The largest absolute Gasteiger partial charge is 0.456 e. The number of ether oxygens (including phenoxy) is 1. The second-order valence-electron chi connectivity index (χ2n) is 7.17. The van der Waals surface area contributed by atoms with Crippen molar-refractivity contribution in [2.45, 2.75) is 39.0 Å². The SMILES string of the molecule is Cc1nc(NC(=O)COC(=O)CCN2C(=O)[C@H]3CCCC[C@H]3C2=O)c(Cl)cc1Cl. The molecule has 1 saturated heterocycles. The van der Waals surface area contributed by atoms with Crippen LogP contribution in [0.4, 0.5) is 5.82 Å². The topological polar surface area (TPSA) is 106 Å². The highest BCUT2D eigenvalue weighted by atomic mass is 35.5. The molecule has 1 aromatic heterocycles. The summed E-state index contributed by atoms with van der Waals surface area (Å²) in [5, 5.41) is 2.97. The molecular weight excluding hydrogens is 421 g/mol. The molecule has 10 heteroatoms. The van der Waals surface area contributed by atoms with Crippen molar-refractivity contribution in [1.82, 2.24) is 9.88 Å². The molecular formula is C19H21Cl2N3O5. The zero-order valence-corrected chi connectivity index (χ0v) is 17.4. The molecule has 1 aliphatic carbocycles. The Morgan fingerprint density at radius 3 is 2.41 bits per heavy atom. The third-order valence-electron chi connectivity index (χ3n) is 5.20. The molecule has 0 unspecified atom stereocenters. The summed E-state index contributed by atoms with van der Waals surface area (Å²) >= 11 is 11.9. The number of pyridine rings is 1. The summed E-state index contributed by atoms with van der Waals surface area (Å²) in [6.07, 6.45) is 3.16. The molecule has 0 bridgehead atoms. The van der Waals surface area contributed by atoms with Crippen LogP contribution in [0.15, 0.2) is 6.07 Å². The summed E-state index contributed by atoms with van der Waals surface area (Å²) in [6.45, 7) is 1.09. The zero-order valence-electron chi connectivity index (χ0n) is 15.9. The predicted octanol–water partition coefficient (Wildman–Crippen LogP) is 2.74. The second-order valence-corrected chi connectivity index (χ2v) is 7.98. The van der Waals surface area contributed by atoms with E-state index in [1.54, 1.807) is 6.92 Å². The Kier molecular flexibility index (Phi) is 6.74. The molecule has 1 saturated carbocycles. The summed E-state index contributed by atoms with van der Waals surface area (Å²) in [6, 6.07) is 1.45. The summed E-state index contributed by atoms with van der Waals surface area (Å²) in [5.74, 6) is -2.09. The average molecular weight is 442 g/mol. The number of anilines is 1. The van der Waals surface area contributed by atoms with Crippen LogP contribution in [0.1, 0.15) is 37.8 Å². The molecule has 156 valence electrons. The number of hydrogen-bond acceptors (Lipinski definition) is 6. The monoisotopic (exact) mass is 441 g/mol. The van der Waals surface area contributed by atoms with Gasteiger partial charge in [0.05, 0.1) is 34.0 Å². The molecule has 2 atom stereocenters. The number of imide groups is 1. The number of halogens is 2. The third-order valence-corrected chi connectivity index (χ3v) is 5.87. The van der Waals surface area contributed by atoms with E-state index >= 15 is 0 Å². The normalized spacial score (nSPS) is 21.1. The van der Waals surface area contributed by atoms with Crippen LogP contribution in [-0.2, 0) is 23.9 Å². The van der Waals surface area contributed by atoms with Gasteiger partial charge in [0.15, 0.2) is 12.4 Å². The number of aryl methyl sites for hydroxylation is 1. The number of nitrogens with zero attached hydrogens (tertiary/aromatic N) is 2. The summed E-state index contributed by atoms with van der Waals surface area (Å²) in [5.41, 5.74) is 0.490. The predicted molar refractivity (Wildman–Crippen MR) is 105 cm³/mol. The van der Waals surface area contributed by atoms with E-state index in [1.807, 2.05) is 0 Å². The molecule has 8 nitrogen and oxygen atoms in total. The van der Waals surface area contributed by atoms with E-state index in [0.29, 0.717) is 10.7 Å². The maximum atomic E-state index is 12.4. The van der Waals surface area contributed by atoms with Gasteiger partial charge in [-0.15, -0.1) is 0 Å². The van der Waals surface area contributed by atoms with Crippen molar-refractivity contribution >= 4 is 52.7 Å². The molecule has 0 aromatic carbocycles. The Morgan fingerprint density at radius 2 is 1.79 bits per heavy atom. The number of fused-ring (bicyclic) bond motifs is 1. The Hall–Kier alpha value is -2.19. The first-order chi connectivity index (χ1) is 13.8. The van der Waals surface area contributed by atoms with Crippen LogP contribution in [0.2, 0.25) is 10.0 Å². The summed E-state index contributed by atoms with van der Waals surface area (Å²) in [4.78, 5) is 53.9. The highest BCUT2D eigenvalue weighted by Gasteiger charge is 2.47. The van der Waals surface area contributed by atoms with Gasteiger partial charge in [-0.25, -0.2) is 4.98 Å². The van der Waals surface area contributed by atoms with Gasteiger partial charge >= 0.3 is 5.97 Å². The molecule has 0 radical (unpaired) electrons. The molecule has 3 amide bonds. The van der Waals surface area contributed by atoms with E-state index in [1.165, 1.54) is 6.07 Å². The lowest BCUT2D eigenvalue weighted by Gasteiger charge is -2.19. The van der Waals surface area contributed by atoms with Gasteiger partial charge in [0.1, 0.15) is 0 Å². The van der Waals surface area contributed by atoms with E-state index < -0.39 is 18.5 Å². The fourth-order valence-corrected chi connectivity index (χ4v) is 4.09. The quantitative estimate of drug-likeness (QED) is 0.537. The smallest absolute Gasteiger partial charge is 0.308 e. The van der Waals surface area contributed by atoms with Gasteiger partial charge in [0.25, 0.3) is 5.91 Å². The molecule has 1 aliphatic heterocycles. The highest BCUT2D eigenvalue weighted by molar-refractivity contribution is 6.36. The minimum Gasteiger partial charge on any atom is -0.456 e. The van der Waals surface area contributed by atoms with Crippen molar-refractivity contribution in [2.75, 3.05) is 18.5 Å². The van der Waals surface area contributed by atoms with Crippen LogP contribution < -0.4 is 5.32 Å². The zero-order chi connectivity index (χ0) is 21.1. The van der Waals surface area contributed by atoms with Crippen molar-refractivity contribution in [3.05, 3.63) is 21.8 Å².